The Bertz CT molecular complexity index is 263. The molecule has 0 saturated carbocycles. The van der Waals surface area contributed by atoms with E-state index < -0.39 is 0 Å². The molecular weight excluding hydrogens is 192 g/mol. The van der Waals surface area contributed by atoms with Gasteiger partial charge < -0.3 is 4.74 Å². The van der Waals surface area contributed by atoms with Gasteiger partial charge in [-0.1, -0.05) is 17.7 Å². The summed E-state index contributed by atoms with van der Waals surface area (Å²) in [4.78, 5) is 0. The Kier molecular flexibility index (Phi) is 3.76. The highest BCUT2D eigenvalue weighted by Gasteiger charge is 1.99. The molecular formula is C9H11ClOS. The van der Waals surface area contributed by atoms with Gasteiger partial charge in [-0.3, -0.25) is 0 Å². The lowest BCUT2D eigenvalue weighted by Gasteiger charge is -2.06. The maximum absolute atomic E-state index is 5.93. The van der Waals surface area contributed by atoms with Crippen LogP contribution in [0.4, 0.5) is 0 Å². The summed E-state index contributed by atoms with van der Waals surface area (Å²) in [6, 6.07) is 5.78. The van der Waals surface area contributed by atoms with Crippen molar-refractivity contribution in [1.82, 2.24) is 0 Å². The van der Waals surface area contributed by atoms with Crippen LogP contribution in [0.2, 0.25) is 5.02 Å². The zero-order chi connectivity index (χ0) is 8.97. The minimum Gasteiger partial charge on any atom is -0.481 e. The van der Waals surface area contributed by atoms with Gasteiger partial charge in [-0.15, -0.1) is 11.8 Å². The fourth-order valence-electron chi connectivity index (χ4n) is 0.845. The van der Waals surface area contributed by atoms with Crippen LogP contribution < -0.4 is 4.74 Å². The van der Waals surface area contributed by atoms with Crippen LogP contribution in [0, 0.1) is 6.92 Å². The monoisotopic (exact) mass is 202 g/mol. The summed E-state index contributed by atoms with van der Waals surface area (Å²) in [5.74, 6) is 1.40. The molecule has 0 radical (unpaired) electrons. The lowest BCUT2D eigenvalue weighted by Crippen LogP contribution is -1.92. The van der Waals surface area contributed by atoms with E-state index >= 15 is 0 Å². The zero-order valence-corrected chi connectivity index (χ0v) is 8.71. The summed E-state index contributed by atoms with van der Waals surface area (Å²) >= 11 is 7.56. The molecule has 0 spiro atoms. The Labute approximate surface area is 82.1 Å². The second kappa shape index (κ2) is 4.63. The molecule has 0 aliphatic carbocycles. The maximum Gasteiger partial charge on any atom is 0.139 e. The van der Waals surface area contributed by atoms with Crippen molar-refractivity contribution < 1.29 is 4.74 Å². The molecule has 0 amide bonds. The van der Waals surface area contributed by atoms with Crippen LogP contribution in [0.25, 0.3) is 0 Å². The number of ether oxygens (including phenoxy) is 1. The van der Waals surface area contributed by atoms with Gasteiger partial charge >= 0.3 is 0 Å². The number of benzene rings is 1. The second-order valence-electron chi connectivity index (χ2n) is 2.48. The first-order valence-electron chi connectivity index (χ1n) is 3.62. The second-order valence-corrected chi connectivity index (χ2v) is 3.70. The van der Waals surface area contributed by atoms with Gasteiger partial charge in [0.15, 0.2) is 0 Å². The fraction of sp³-hybridized carbons (Fsp3) is 0.333. The van der Waals surface area contributed by atoms with E-state index in [0.717, 1.165) is 11.3 Å². The van der Waals surface area contributed by atoms with Crippen LogP contribution in [-0.4, -0.2) is 12.2 Å². The Morgan fingerprint density at radius 1 is 1.50 bits per heavy atom. The number of rotatable bonds is 3. The third kappa shape index (κ3) is 2.61. The molecule has 1 rings (SSSR count). The SMILES string of the molecule is CSCOc1ccc(C)cc1Cl. The molecule has 0 aromatic heterocycles. The normalized spacial score (nSPS) is 9.92. The molecule has 3 heteroatoms. The first kappa shape index (κ1) is 9.75. The van der Waals surface area contributed by atoms with Gasteiger partial charge in [-0.25, -0.2) is 0 Å². The summed E-state index contributed by atoms with van der Waals surface area (Å²) in [5.41, 5.74) is 1.15. The fourth-order valence-corrected chi connectivity index (χ4v) is 1.38. The van der Waals surface area contributed by atoms with E-state index in [1.54, 1.807) is 11.8 Å². The molecule has 0 saturated heterocycles. The Hall–Kier alpha value is -0.340. The minimum atomic E-state index is 0.642. The third-order valence-electron chi connectivity index (χ3n) is 1.42. The van der Waals surface area contributed by atoms with E-state index in [0.29, 0.717) is 11.0 Å². The maximum atomic E-state index is 5.93. The molecule has 0 aliphatic heterocycles. The summed E-state index contributed by atoms with van der Waals surface area (Å²) in [6.45, 7) is 2.00. The average Bonchev–Trinajstić information content (AvgIpc) is 2.03. The largest absolute Gasteiger partial charge is 0.481 e. The highest BCUT2D eigenvalue weighted by Crippen LogP contribution is 2.25. The first-order valence-corrected chi connectivity index (χ1v) is 5.39. The quantitative estimate of drug-likeness (QED) is 0.696. The van der Waals surface area contributed by atoms with Gasteiger partial charge in [0.2, 0.25) is 0 Å². The van der Waals surface area contributed by atoms with Gasteiger partial charge in [-0.2, -0.15) is 0 Å². The smallest absolute Gasteiger partial charge is 0.139 e. The molecule has 0 N–H and O–H groups in total. The zero-order valence-electron chi connectivity index (χ0n) is 7.13. The summed E-state index contributed by atoms with van der Waals surface area (Å²) in [6.07, 6.45) is 1.99. The van der Waals surface area contributed by atoms with Gasteiger partial charge in [0.25, 0.3) is 0 Å². The number of hydrogen-bond donors (Lipinski definition) is 0. The Balaban J connectivity index is 2.72. The first-order chi connectivity index (χ1) is 5.74. The number of halogens is 1. The van der Waals surface area contributed by atoms with E-state index in [4.69, 9.17) is 16.3 Å². The van der Waals surface area contributed by atoms with Crippen molar-refractivity contribution >= 4 is 23.4 Å². The molecule has 0 fully saturated rings. The highest BCUT2D eigenvalue weighted by atomic mass is 35.5. The van der Waals surface area contributed by atoms with E-state index in [9.17, 15) is 0 Å². The van der Waals surface area contributed by atoms with Crippen LogP contribution in [0.5, 0.6) is 5.75 Å². The van der Waals surface area contributed by atoms with Crippen LogP contribution in [0.3, 0.4) is 0 Å². The highest BCUT2D eigenvalue weighted by molar-refractivity contribution is 7.98. The summed E-state index contributed by atoms with van der Waals surface area (Å²) in [7, 11) is 0. The molecule has 0 bridgehead atoms. The van der Waals surface area contributed by atoms with Gasteiger partial charge in [0.05, 0.1) is 5.02 Å². The van der Waals surface area contributed by atoms with Crippen LogP contribution in [0.15, 0.2) is 18.2 Å². The Morgan fingerprint density at radius 2 is 2.25 bits per heavy atom. The van der Waals surface area contributed by atoms with Crippen molar-refractivity contribution in [2.75, 3.05) is 12.2 Å². The van der Waals surface area contributed by atoms with Crippen molar-refractivity contribution in [1.29, 1.82) is 0 Å². The van der Waals surface area contributed by atoms with Crippen molar-refractivity contribution in [3.63, 3.8) is 0 Å². The van der Waals surface area contributed by atoms with Crippen LogP contribution in [0.1, 0.15) is 5.56 Å². The van der Waals surface area contributed by atoms with Crippen molar-refractivity contribution in [2.45, 2.75) is 6.92 Å². The van der Waals surface area contributed by atoms with E-state index in [1.807, 2.05) is 31.4 Å². The molecule has 0 aliphatic rings. The molecule has 1 nitrogen and oxygen atoms in total. The lowest BCUT2D eigenvalue weighted by atomic mass is 10.2. The third-order valence-corrected chi connectivity index (χ3v) is 2.07. The topological polar surface area (TPSA) is 9.23 Å². The molecule has 0 heterocycles. The standard InChI is InChI=1S/C9H11ClOS/c1-7-3-4-9(8(10)5-7)11-6-12-2/h3-5H,6H2,1-2H3. The van der Waals surface area contributed by atoms with Crippen LogP contribution in [-0.2, 0) is 0 Å². The number of hydrogen-bond acceptors (Lipinski definition) is 2. The number of aryl methyl sites for hydroxylation is 1. The predicted octanol–water partition coefficient (Wildman–Crippen LogP) is 3.35. The molecule has 1 aromatic carbocycles. The molecule has 12 heavy (non-hydrogen) atoms. The minimum absolute atomic E-state index is 0.642. The predicted molar refractivity (Wildman–Crippen MR) is 55.2 cm³/mol. The Morgan fingerprint density at radius 3 is 2.83 bits per heavy atom. The number of thioether (sulfide) groups is 1. The van der Waals surface area contributed by atoms with E-state index in [1.165, 1.54) is 0 Å². The van der Waals surface area contributed by atoms with Gasteiger partial charge in [0, 0.05) is 0 Å². The summed E-state index contributed by atoms with van der Waals surface area (Å²) < 4.78 is 5.37. The van der Waals surface area contributed by atoms with Gasteiger partial charge in [-0.05, 0) is 30.9 Å². The molecule has 1 aromatic rings. The lowest BCUT2D eigenvalue weighted by molar-refractivity contribution is 0.393. The molecule has 0 unspecified atom stereocenters. The van der Waals surface area contributed by atoms with Crippen molar-refractivity contribution in [2.24, 2.45) is 0 Å². The van der Waals surface area contributed by atoms with E-state index in [2.05, 4.69) is 0 Å². The molecule has 66 valence electrons. The van der Waals surface area contributed by atoms with Crippen LogP contribution >= 0.6 is 23.4 Å². The molecule has 0 atom stereocenters. The van der Waals surface area contributed by atoms with E-state index in [-0.39, 0.29) is 0 Å². The van der Waals surface area contributed by atoms with Crippen molar-refractivity contribution in [3.8, 4) is 5.75 Å². The average molecular weight is 203 g/mol. The van der Waals surface area contributed by atoms with Crippen molar-refractivity contribution in [3.05, 3.63) is 28.8 Å². The van der Waals surface area contributed by atoms with Gasteiger partial charge in [0.1, 0.15) is 11.7 Å². The summed E-state index contributed by atoms with van der Waals surface area (Å²) in [5, 5.41) is 0.684.